The molecular weight excluding hydrogens is 210 g/mol. The molecule has 0 atom stereocenters. The van der Waals surface area contributed by atoms with Crippen LogP contribution in [0.15, 0.2) is 12.1 Å². The first-order valence-electron chi connectivity index (χ1n) is 3.35. The topological polar surface area (TPSA) is 115 Å². The number of nitrogens with one attached hydrogen (secondary N) is 1. The number of thiophene rings is 1. The molecule has 1 aromatic heterocycles. The van der Waals surface area contributed by atoms with Crippen molar-refractivity contribution in [2.45, 2.75) is 0 Å². The van der Waals surface area contributed by atoms with Crippen molar-refractivity contribution in [2.75, 3.05) is 0 Å². The summed E-state index contributed by atoms with van der Waals surface area (Å²) in [4.78, 5) is 31.0. The maximum Gasteiger partial charge on any atom is 0.324 e. The molecule has 1 rings (SSSR count). The summed E-state index contributed by atoms with van der Waals surface area (Å²) in [6.07, 6.45) is 0. The third-order valence-electron chi connectivity index (χ3n) is 1.23. The Morgan fingerprint density at radius 3 is 2.57 bits per heavy atom. The second-order valence-electron chi connectivity index (χ2n) is 2.21. The predicted molar refractivity (Wildman–Crippen MR) is 48.0 cm³/mol. The molecule has 0 unspecified atom stereocenters. The van der Waals surface area contributed by atoms with Crippen LogP contribution >= 0.6 is 11.3 Å². The molecule has 0 bridgehead atoms. The van der Waals surface area contributed by atoms with E-state index in [9.17, 15) is 19.7 Å². The Morgan fingerprint density at radius 2 is 2.14 bits per heavy atom. The molecule has 0 aromatic carbocycles. The zero-order valence-corrected chi connectivity index (χ0v) is 7.54. The molecule has 0 aliphatic heterocycles. The van der Waals surface area contributed by atoms with Crippen LogP contribution in [0.25, 0.3) is 0 Å². The lowest BCUT2D eigenvalue weighted by Crippen LogP contribution is -2.34. The van der Waals surface area contributed by atoms with E-state index in [0.717, 1.165) is 0 Å². The molecular formula is C6H5N3O4S. The molecule has 1 aromatic rings. The predicted octanol–water partition coefficient (Wildman–Crippen LogP) is 0.465. The summed E-state index contributed by atoms with van der Waals surface area (Å²) in [5, 5.41) is 11.9. The smallest absolute Gasteiger partial charge is 0.324 e. The van der Waals surface area contributed by atoms with E-state index in [4.69, 9.17) is 5.73 Å². The molecule has 0 fully saturated rings. The van der Waals surface area contributed by atoms with Crippen molar-refractivity contribution in [3.05, 3.63) is 27.1 Å². The zero-order valence-electron chi connectivity index (χ0n) is 6.72. The second kappa shape index (κ2) is 3.83. The van der Waals surface area contributed by atoms with E-state index in [1.807, 2.05) is 0 Å². The molecule has 8 heteroatoms. The summed E-state index contributed by atoms with van der Waals surface area (Å²) in [6.45, 7) is 0. The number of rotatable bonds is 2. The SMILES string of the molecule is NC(=O)NC(=O)c1ccc([N+](=O)[O-])s1. The zero-order chi connectivity index (χ0) is 10.7. The Morgan fingerprint density at radius 1 is 1.50 bits per heavy atom. The Labute approximate surface area is 81.7 Å². The van der Waals surface area contributed by atoms with Gasteiger partial charge in [0.1, 0.15) is 0 Å². The lowest BCUT2D eigenvalue weighted by molar-refractivity contribution is -0.380. The van der Waals surface area contributed by atoms with Crippen LogP contribution in [0, 0.1) is 10.1 Å². The van der Waals surface area contributed by atoms with Crippen LogP contribution in [0.5, 0.6) is 0 Å². The molecule has 3 amide bonds. The van der Waals surface area contributed by atoms with Gasteiger partial charge in [0.2, 0.25) is 0 Å². The normalized spacial score (nSPS) is 9.43. The van der Waals surface area contributed by atoms with Crippen molar-refractivity contribution in [1.29, 1.82) is 0 Å². The lowest BCUT2D eigenvalue weighted by atomic mass is 10.4. The van der Waals surface area contributed by atoms with Gasteiger partial charge in [-0.15, -0.1) is 0 Å². The third-order valence-corrected chi connectivity index (χ3v) is 2.27. The van der Waals surface area contributed by atoms with Crippen LogP contribution in [-0.2, 0) is 0 Å². The molecule has 0 saturated carbocycles. The number of urea groups is 1. The van der Waals surface area contributed by atoms with Gasteiger partial charge in [-0.3, -0.25) is 20.2 Å². The minimum Gasteiger partial charge on any atom is -0.351 e. The standard InChI is InChI=1S/C6H5N3O4S/c7-6(11)8-5(10)3-1-2-4(14-3)9(12)13/h1-2H,(H3,7,8,10,11). The van der Waals surface area contributed by atoms with Gasteiger partial charge in [-0.1, -0.05) is 11.3 Å². The fourth-order valence-corrected chi connectivity index (χ4v) is 1.44. The van der Waals surface area contributed by atoms with Crippen LogP contribution in [0.1, 0.15) is 9.67 Å². The van der Waals surface area contributed by atoms with Crippen molar-refractivity contribution in [2.24, 2.45) is 5.73 Å². The Kier molecular flexibility index (Phi) is 2.77. The molecule has 14 heavy (non-hydrogen) atoms. The summed E-state index contributed by atoms with van der Waals surface area (Å²) >= 11 is 0.672. The molecule has 0 spiro atoms. The highest BCUT2D eigenvalue weighted by atomic mass is 32.1. The van der Waals surface area contributed by atoms with Gasteiger partial charge in [-0.2, -0.15) is 0 Å². The summed E-state index contributed by atoms with van der Waals surface area (Å²) < 4.78 is 0. The van der Waals surface area contributed by atoms with E-state index in [0.29, 0.717) is 11.3 Å². The van der Waals surface area contributed by atoms with Gasteiger partial charge < -0.3 is 5.73 Å². The number of carbonyl (C=O) groups excluding carboxylic acids is 2. The summed E-state index contributed by atoms with van der Waals surface area (Å²) in [5.74, 6) is -0.740. The van der Waals surface area contributed by atoms with Crippen LogP contribution in [0.4, 0.5) is 9.80 Å². The summed E-state index contributed by atoms with van der Waals surface area (Å²) in [6, 6.07) is 1.44. The van der Waals surface area contributed by atoms with Crippen LogP contribution in [0.3, 0.4) is 0 Å². The highest BCUT2D eigenvalue weighted by molar-refractivity contribution is 7.17. The van der Waals surface area contributed by atoms with E-state index in [-0.39, 0.29) is 9.88 Å². The first-order valence-corrected chi connectivity index (χ1v) is 4.17. The van der Waals surface area contributed by atoms with Crippen LogP contribution in [0.2, 0.25) is 0 Å². The average Bonchev–Trinajstić information content (AvgIpc) is 2.50. The highest BCUT2D eigenvalue weighted by Crippen LogP contribution is 2.23. The molecule has 0 radical (unpaired) electrons. The van der Waals surface area contributed by atoms with Crippen LogP contribution in [-0.4, -0.2) is 16.9 Å². The van der Waals surface area contributed by atoms with Gasteiger partial charge in [0.25, 0.3) is 5.91 Å². The number of hydrogen-bond acceptors (Lipinski definition) is 5. The third kappa shape index (κ3) is 2.26. The van der Waals surface area contributed by atoms with E-state index in [2.05, 4.69) is 0 Å². The first-order chi connectivity index (χ1) is 6.50. The molecule has 0 saturated heterocycles. The Bertz CT molecular complexity index is 400. The van der Waals surface area contributed by atoms with Crippen molar-refractivity contribution >= 4 is 28.3 Å². The minimum atomic E-state index is -0.994. The Balaban J connectivity index is 2.81. The minimum absolute atomic E-state index is 0.0653. The lowest BCUT2D eigenvalue weighted by Gasteiger charge is -1.94. The molecule has 7 nitrogen and oxygen atoms in total. The van der Waals surface area contributed by atoms with Gasteiger partial charge in [-0.05, 0) is 6.07 Å². The number of nitrogens with two attached hydrogens (primary N) is 1. The van der Waals surface area contributed by atoms with Gasteiger partial charge >= 0.3 is 11.0 Å². The van der Waals surface area contributed by atoms with Crippen molar-refractivity contribution in [1.82, 2.24) is 5.32 Å². The van der Waals surface area contributed by atoms with E-state index >= 15 is 0 Å². The van der Waals surface area contributed by atoms with Crippen LogP contribution < -0.4 is 11.1 Å². The quantitative estimate of drug-likeness (QED) is 0.550. The first kappa shape index (κ1) is 10.1. The van der Waals surface area contributed by atoms with Crippen molar-refractivity contribution in [3.8, 4) is 0 Å². The molecule has 1 heterocycles. The number of hydrogen-bond donors (Lipinski definition) is 2. The summed E-state index contributed by atoms with van der Waals surface area (Å²) in [5.41, 5.74) is 4.70. The largest absolute Gasteiger partial charge is 0.351 e. The van der Waals surface area contributed by atoms with Gasteiger partial charge in [0, 0.05) is 6.07 Å². The maximum absolute atomic E-state index is 11.1. The van der Waals surface area contributed by atoms with Crippen molar-refractivity contribution < 1.29 is 14.5 Å². The van der Waals surface area contributed by atoms with Gasteiger partial charge in [0.15, 0.2) is 0 Å². The highest BCUT2D eigenvalue weighted by Gasteiger charge is 2.15. The fourth-order valence-electron chi connectivity index (χ4n) is 0.721. The second-order valence-corrected chi connectivity index (χ2v) is 3.28. The number of primary amides is 1. The number of nitro groups is 1. The number of carbonyl (C=O) groups is 2. The maximum atomic E-state index is 11.1. The number of nitrogens with zero attached hydrogens (tertiary/aromatic N) is 1. The molecule has 3 N–H and O–H groups in total. The summed E-state index contributed by atoms with van der Waals surface area (Å²) in [7, 11) is 0. The molecule has 74 valence electrons. The Hall–Kier alpha value is -1.96. The van der Waals surface area contributed by atoms with Crippen molar-refractivity contribution in [3.63, 3.8) is 0 Å². The monoisotopic (exact) mass is 215 g/mol. The number of imide groups is 1. The molecule has 0 aliphatic rings. The average molecular weight is 215 g/mol. The van der Waals surface area contributed by atoms with Gasteiger partial charge in [0.05, 0.1) is 9.80 Å². The van der Waals surface area contributed by atoms with Gasteiger partial charge in [-0.25, -0.2) is 4.79 Å². The molecule has 0 aliphatic carbocycles. The fraction of sp³-hybridized carbons (Fsp3) is 0. The van der Waals surface area contributed by atoms with E-state index in [1.54, 1.807) is 5.32 Å². The van der Waals surface area contributed by atoms with E-state index in [1.165, 1.54) is 12.1 Å². The van der Waals surface area contributed by atoms with E-state index < -0.39 is 16.9 Å². The number of amides is 3.